The van der Waals surface area contributed by atoms with Gasteiger partial charge in [0.05, 0.1) is 10.9 Å². The fraction of sp³-hybridized carbons (Fsp3) is 0.0645. The molecule has 0 bridgehead atoms. The lowest BCUT2D eigenvalue weighted by atomic mass is 10.1. The second-order valence-corrected chi connectivity index (χ2v) is 10.0. The number of hydrogen-bond donors (Lipinski definition) is 3. The van der Waals surface area contributed by atoms with Gasteiger partial charge < -0.3 is 16.0 Å². The van der Waals surface area contributed by atoms with Gasteiger partial charge in [0.2, 0.25) is 5.91 Å². The summed E-state index contributed by atoms with van der Waals surface area (Å²) in [5.41, 5.74) is 0.860. The van der Waals surface area contributed by atoms with E-state index < -0.39 is 28.7 Å². The van der Waals surface area contributed by atoms with Crippen molar-refractivity contribution in [3.8, 4) is 0 Å². The lowest BCUT2D eigenvalue weighted by Crippen LogP contribution is -2.30. The van der Waals surface area contributed by atoms with E-state index in [9.17, 15) is 23.2 Å². The van der Waals surface area contributed by atoms with Gasteiger partial charge in [-0.15, -0.1) is 11.8 Å². The molecule has 1 atom stereocenters. The number of amides is 3. The van der Waals surface area contributed by atoms with Crippen LogP contribution in [0.15, 0.2) is 114 Å². The maximum absolute atomic E-state index is 14.3. The Morgan fingerprint density at radius 1 is 0.750 bits per heavy atom. The normalized spacial score (nSPS) is 11.8. The number of carbonyl (C=O) groups excluding carboxylic acids is 3. The molecule has 4 rings (SSSR count). The summed E-state index contributed by atoms with van der Waals surface area (Å²) in [6.45, 7) is 1.70. The maximum Gasteiger partial charge on any atom is 0.272 e. The Kier molecular flexibility index (Phi) is 9.43. The molecule has 0 heterocycles. The minimum atomic E-state index is -0.648. The van der Waals surface area contributed by atoms with E-state index in [-0.39, 0.29) is 22.9 Å². The predicted molar refractivity (Wildman–Crippen MR) is 154 cm³/mol. The average Bonchev–Trinajstić information content (AvgIpc) is 2.96. The van der Waals surface area contributed by atoms with Crippen molar-refractivity contribution in [2.45, 2.75) is 17.1 Å². The first-order chi connectivity index (χ1) is 19.3. The number of hydrogen-bond acceptors (Lipinski definition) is 4. The molecule has 0 aliphatic heterocycles. The van der Waals surface area contributed by atoms with Gasteiger partial charge in [0.15, 0.2) is 0 Å². The second kappa shape index (κ2) is 13.3. The summed E-state index contributed by atoms with van der Waals surface area (Å²) in [6.07, 6.45) is 1.27. The molecule has 0 radical (unpaired) electrons. The van der Waals surface area contributed by atoms with Crippen LogP contribution in [0.4, 0.5) is 20.2 Å². The fourth-order valence-electron chi connectivity index (χ4n) is 3.56. The first kappa shape index (κ1) is 28.3. The quantitative estimate of drug-likeness (QED) is 0.162. The summed E-state index contributed by atoms with van der Waals surface area (Å²) in [5.74, 6) is -2.59. The molecule has 3 N–H and O–H groups in total. The lowest BCUT2D eigenvalue weighted by Gasteiger charge is -2.14. The first-order valence-electron chi connectivity index (χ1n) is 12.3. The van der Waals surface area contributed by atoms with Crippen LogP contribution in [-0.4, -0.2) is 23.0 Å². The topological polar surface area (TPSA) is 87.3 Å². The van der Waals surface area contributed by atoms with Crippen LogP contribution in [0.3, 0.4) is 0 Å². The number of anilines is 2. The number of rotatable bonds is 9. The van der Waals surface area contributed by atoms with Crippen LogP contribution >= 0.6 is 11.8 Å². The number of thioether (sulfide) groups is 1. The number of halogens is 2. The molecular weight excluding hydrogens is 532 g/mol. The summed E-state index contributed by atoms with van der Waals surface area (Å²) in [4.78, 5) is 39.1. The first-order valence-corrected chi connectivity index (χ1v) is 13.1. The molecule has 0 fully saturated rings. The molecule has 0 spiro atoms. The van der Waals surface area contributed by atoms with Gasteiger partial charge in [0.25, 0.3) is 11.8 Å². The van der Waals surface area contributed by atoms with Gasteiger partial charge in [0.1, 0.15) is 17.3 Å². The minimum absolute atomic E-state index is 0.108. The molecule has 40 heavy (non-hydrogen) atoms. The van der Waals surface area contributed by atoms with Crippen LogP contribution in [0.1, 0.15) is 22.8 Å². The van der Waals surface area contributed by atoms with Crippen molar-refractivity contribution < 1.29 is 23.2 Å². The second-order valence-electron chi connectivity index (χ2n) is 8.61. The maximum atomic E-state index is 14.3. The molecule has 0 aliphatic rings. The Morgan fingerprint density at radius 2 is 1.38 bits per heavy atom. The van der Waals surface area contributed by atoms with E-state index in [0.717, 1.165) is 4.90 Å². The van der Waals surface area contributed by atoms with E-state index >= 15 is 0 Å². The molecular formula is C31H25F2N3O3S. The monoisotopic (exact) mass is 557 g/mol. The number of nitrogens with one attached hydrogen (secondary N) is 3. The highest BCUT2D eigenvalue weighted by Crippen LogP contribution is 2.26. The van der Waals surface area contributed by atoms with Crippen LogP contribution in [-0.2, 0) is 9.59 Å². The third-order valence-corrected chi connectivity index (χ3v) is 6.77. The van der Waals surface area contributed by atoms with E-state index in [4.69, 9.17) is 0 Å². The number of para-hydroxylation sites is 1. The van der Waals surface area contributed by atoms with Gasteiger partial charge >= 0.3 is 0 Å². The van der Waals surface area contributed by atoms with Crippen LogP contribution < -0.4 is 16.0 Å². The highest BCUT2D eigenvalue weighted by atomic mass is 32.2. The molecule has 4 aromatic rings. The summed E-state index contributed by atoms with van der Waals surface area (Å²) in [5, 5.41) is 7.32. The highest BCUT2D eigenvalue weighted by molar-refractivity contribution is 8.00. The Balaban J connectivity index is 1.44. The summed E-state index contributed by atoms with van der Waals surface area (Å²) in [7, 11) is 0. The van der Waals surface area contributed by atoms with E-state index in [0.29, 0.717) is 11.3 Å². The zero-order valence-corrected chi connectivity index (χ0v) is 22.2. The number of carbonyl (C=O) groups is 3. The summed E-state index contributed by atoms with van der Waals surface area (Å²) >= 11 is 1.26. The molecule has 0 aliphatic carbocycles. The van der Waals surface area contributed by atoms with E-state index in [2.05, 4.69) is 16.0 Å². The van der Waals surface area contributed by atoms with Crippen LogP contribution in [0.5, 0.6) is 0 Å². The van der Waals surface area contributed by atoms with Gasteiger partial charge in [-0.05, 0) is 67.6 Å². The largest absolute Gasteiger partial charge is 0.323 e. The summed E-state index contributed by atoms with van der Waals surface area (Å²) in [6, 6.07) is 26.9. The van der Waals surface area contributed by atoms with Crippen molar-refractivity contribution in [3.63, 3.8) is 0 Å². The smallest absolute Gasteiger partial charge is 0.272 e. The fourth-order valence-corrected chi connectivity index (χ4v) is 4.43. The Labute approximate surface area is 234 Å². The third-order valence-electron chi connectivity index (χ3n) is 5.66. The van der Waals surface area contributed by atoms with Gasteiger partial charge in [-0.1, -0.05) is 48.5 Å². The average molecular weight is 558 g/mol. The molecule has 3 amide bonds. The van der Waals surface area contributed by atoms with Crippen molar-refractivity contribution in [3.05, 3.63) is 132 Å². The molecule has 0 saturated heterocycles. The third kappa shape index (κ3) is 7.64. The van der Waals surface area contributed by atoms with Crippen molar-refractivity contribution in [1.29, 1.82) is 0 Å². The number of benzene rings is 4. The Bertz CT molecular complexity index is 1540. The van der Waals surface area contributed by atoms with Crippen molar-refractivity contribution in [1.82, 2.24) is 5.32 Å². The Morgan fingerprint density at radius 3 is 2.05 bits per heavy atom. The van der Waals surface area contributed by atoms with E-state index in [1.807, 2.05) is 0 Å². The standard InChI is InChI=1S/C31H25F2N3O3S/c1-20(29(37)35-27-14-8-7-13-26(27)33)40-24-17-15-23(16-18-24)34-31(39)28(19-22-11-5-6-12-25(22)32)36-30(38)21-9-3-2-4-10-21/h2-20H,1H3,(H,34,39)(H,35,37)(H,36,38)/b28-19-. The van der Waals surface area contributed by atoms with Gasteiger partial charge in [-0.25, -0.2) is 8.78 Å². The van der Waals surface area contributed by atoms with Crippen LogP contribution in [0, 0.1) is 11.6 Å². The molecule has 4 aromatic carbocycles. The molecule has 0 saturated carbocycles. The molecule has 202 valence electrons. The van der Waals surface area contributed by atoms with Crippen molar-refractivity contribution in [2.24, 2.45) is 0 Å². The molecule has 0 aromatic heterocycles. The summed E-state index contributed by atoms with van der Waals surface area (Å²) < 4.78 is 28.2. The highest BCUT2D eigenvalue weighted by Gasteiger charge is 2.18. The lowest BCUT2D eigenvalue weighted by molar-refractivity contribution is -0.115. The molecule has 1 unspecified atom stereocenters. The van der Waals surface area contributed by atoms with E-state index in [1.165, 1.54) is 48.2 Å². The van der Waals surface area contributed by atoms with Crippen LogP contribution in [0.2, 0.25) is 0 Å². The Hall–Kier alpha value is -4.76. The van der Waals surface area contributed by atoms with E-state index in [1.54, 1.807) is 79.7 Å². The van der Waals surface area contributed by atoms with Gasteiger partial charge in [-0.3, -0.25) is 14.4 Å². The van der Waals surface area contributed by atoms with Crippen molar-refractivity contribution in [2.75, 3.05) is 10.6 Å². The zero-order chi connectivity index (χ0) is 28.5. The SMILES string of the molecule is CC(Sc1ccc(NC(=O)/C(=C/c2ccccc2F)NC(=O)c2ccccc2)cc1)C(=O)Nc1ccccc1F. The van der Waals surface area contributed by atoms with Gasteiger partial charge in [-0.2, -0.15) is 0 Å². The minimum Gasteiger partial charge on any atom is -0.323 e. The molecule has 9 heteroatoms. The van der Waals surface area contributed by atoms with Gasteiger partial charge in [0, 0.05) is 21.7 Å². The molecule has 6 nitrogen and oxygen atoms in total. The predicted octanol–water partition coefficient (Wildman–Crippen LogP) is 6.49. The van der Waals surface area contributed by atoms with Crippen molar-refractivity contribution >= 4 is 46.9 Å². The van der Waals surface area contributed by atoms with Crippen LogP contribution in [0.25, 0.3) is 6.08 Å². The zero-order valence-electron chi connectivity index (χ0n) is 21.4.